The molecule has 1 aromatic carbocycles. The molecule has 1 fully saturated rings. The van der Waals surface area contributed by atoms with Crippen LogP contribution in [-0.4, -0.2) is 18.9 Å². The Bertz CT molecular complexity index is 378. The Kier molecular flexibility index (Phi) is 3.79. The molecular formula is C14H19NO2. The number of hydrogen-bond donors (Lipinski definition) is 1. The van der Waals surface area contributed by atoms with Gasteiger partial charge in [0.25, 0.3) is 0 Å². The van der Waals surface area contributed by atoms with Crippen molar-refractivity contribution in [3.63, 3.8) is 0 Å². The van der Waals surface area contributed by atoms with Crippen LogP contribution in [0.15, 0.2) is 24.3 Å². The minimum absolute atomic E-state index is 0.156. The summed E-state index contributed by atoms with van der Waals surface area (Å²) in [6.45, 7) is 0. The number of benzene rings is 1. The smallest absolute Gasteiger partial charge is 0.165 e. The van der Waals surface area contributed by atoms with Crippen LogP contribution in [0.3, 0.4) is 0 Å². The van der Waals surface area contributed by atoms with E-state index < -0.39 is 0 Å². The molecule has 17 heavy (non-hydrogen) atoms. The van der Waals surface area contributed by atoms with Crippen molar-refractivity contribution in [2.24, 2.45) is 11.7 Å². The average Bonchev–Trinajstić information content (AvgIpc) is 2.39. The molecule has 1 aromatic rings. The van der Waals surface area contributed by atoms with Gasteiger partial charge in [0, 0.05) is 17.5 Å². The summed E-state index contributed by atoms with van der Waals surface area (Å²) in [5.74, 6) is 1.19. The predicted octanol–water partition coefficient (Wildman–Crippen LogP) is 2.40. The molecule has 0 spiro atoms. The van der Waals surface area contributed by atoms with E-state index in [2.05, 4.69) is 0 Å². The third-order valence-corrected chi connectivity index (χ3v) is 3.52. The van der Waals surface area contributed by atoms with Crippen molar-refractivity contribution in [3.8, 4) is 5.75 Å². The quantitative estimate of drug-likeness (QED) is 0.816. The van der Waals surface area contributed by atoms with E-state index in [-0.39, 0.29) is 17.7 Å². The molecule has 1 saturated carbocycles. The van der Waals surface area contributed by atoms with Gasteiger partial charge in [0.1, 0.15) is 5.75 Å². The number of rotatable bonds is 3. The first-order valence-electron chi connectivity index (χ1n) is 6.14. The highest BCUT2D eigenvalue weighted by molar-refractivity contribution is 5.98. The van der Waals surface area contributed by atoms with Crippen molar-refractivity contribution in [3.05, 3.63) is 29.8 Å². The van der Waals surface area contributed by atoms with Crippen molar-refractivity contribution in [2.75, 3.05) is 7.11 Å². The first-order valence-corrected chi connectivity index (χ1v) is 6.14. The zero-order chi connectivity index (χ0) is 12.3. The van der Waals surface area contributed by atoms with Gasteiger partial charge >= 0.3 is 0 Å². The number of hydrogen-bond acceptors (Lipinski definition) is 3. The van der Waals surface area contributed by atoms with Crippen LogP contribution in [0.4, 0.5) is 0 Å². The lowest BCUT2D eigenvalue weighted by Crippen LogP contribution is -2.29. The third-order valence-electron chi connectivity index (χ3n) is 3.52. The number of carbonyl (C=O) groups excluding carboxylic acids is 1. The maximum absolute atomic E-state index is 12.2. The second kappa shape index (κ2) is 5.32. The molecule has 0 radical (unpaired) electrons. The molecule has 0 amide bonds. The Morgan fingerprint density at radius 1 is 1.18 bits per heavy atom. The van der Waals surface area contributed by atoms with Gasteiger partial charge in [-0.1, -0.05) is 0 Å². The van der Waals surface area contributed by atoms with E-state index in [1.165, 1.54) is 0 Å². The summed E-state index contributed by atoms with van der Waals surface area (Å²) in [5.41, 5.74) is 6.63. The van der Waals surface area contributed by atoms with Crippen LogP contribution >= 0.6 is 0 Å². The van der Waals surface area contributed by atoms with Gasteiger partial charge in [0.15, 0.2) is 5.78 Å². The summed E-state index contributed by atoms with van der Waals surface area (Å²) in [6, 6.07) is 7.64. The fraction of sp³-hybridized carbons (Fsp3) is 0.500. The number of ether oxygens (including phenoxy) is 1. The van der Waals surface area contributed by atoms with Crippen LogP contribution in [0.2, 0.25) is 0 Å². The molecule has 0 saturated heterocycles. The van der Waals surface area contributed by atoms with Crippen LogP contribution in [0.5, 0.6) is 5.75 Å². The van der Waals surface area contributed by atoms with Crippen molar-refractivity contribution in [1.29, 1.82) is 0 Å². The molecule has 3 heteroatoms. The highest BCUT2D eigenvalue weighted by atomic mass is 16.5. The van der Waals surface area contributed by atoms with E-state index in [0.29, 0.717) is 0 Å². The topological polar surface area (TPSA) is 52.3 Å². The number of carbonyl (C=O) groups is 1. The SMILES string of the molecule is COc1ccc(C(=O)C2CCC(N)CC2)cc1. The molecule has 0 aliphatic heterocycles. The Morgan fingerprint density at radius 3 is 2.29 bits per heavy atom. The second-order valence-electron chi connectivity index (χ2n) is 4.70. The number of Topliss-reactive ketones (excluding diaryl/α,β-unsaturated/α-hetero) is 1. The molecule has 92 valence electrons. The fourth-order valence-corrected chi connectivity index (χ4v) is 2.37. The monoisotopic (exact) mass is 233 g/mol. The molecule has 1 aliphatic carbocycles. The van der Waals surface area contributed by atoms with Gasteiger partial charge in [0.05, 0.1) is 7.11 Å². The molecule has 2 rings (SSSR count). The molecule has 0 unspecified atom stereocenters. The molecule has 3 nitrogen and oxygen atoms in total. The fourth-order valence-electron chi connectivity index (χ4n) is 2.37. The van der Waals surface area contributed by atoms with Crippen LogP contribution in [-0.2, 0) is 0 Å². The zero-order valence-electron chi connectivity index (χ0n) is 10.2. The standard InChI is InChI=1S/C14H19NO2/c1-17-13-8-4-11(5-9-13)14(16)10-2-6-12(15)7-3-10/h4-5,8-10,12H,2-3,6-7,15H2,1H3. The number of methoxy groups -OCH3 is 1. The normalized spacial score (nSPS) is 24.4. The van der Waals surface area contributed by atoms with Gasteiger partial charge in [0.2, 0.25) is 0 Å². The molecular weight excluding hydrogens is 214 g/mol. The van der Waals surface area contributed by atoms with Gasteiger partial charge in [-0.3, -0.25) is 4.79 Å². The average molecular weight is 233 g/mol. The molecule has 0 heterocycles. The maximum atomic E-state index is 12.2. The second-order valence-corrected chi connectivity index (χ2v) is 4.70. The van der Waals surface area contributed by atoms with E-state index in [1.54, 1.807) is 7.11 Å². The summed E-state index contributed by atoms with van der Waals surface area (Å²) >= 11 is 0. The van der Waals surface area contributed by atoms with Gasteiger partial charge in [-0.15, -0.1) is 0 Å². The number of ketones is 1. The Hall–Kier alpha value is -1.35. The maximum Gasteiger partial charge on any atom is 0.165 e. The van der Waals surface area contributed by atoms with Crippen molar-refractivity contribution in [1.82, 2.24) is 0 Å². The lowest BCUT2D eigenvalue weighted by molar-refractivity contribution is 0.0884. The van der Waals surface area contributed by atoms with Gasteiger partial charge in [-0.05, 0) is 49.9 Å². The van der Waals surface area contributed by atoms with Gasteiger partial charge < -0.3 is 10.5 Å². The summed E-state index contributed by atoms with van der Waals surface area (Å²) in [6.07, 6.45) is 3.77. The van der Waals surface area contributed by atoms with Crippen LogP contribution in [0.1, 0.15) is 36.0 Å². The summed E-state index contributed by atoms with van der Waals surface area (Å²) in [5, 5.41) is 0. The first kappa shape index (κ1) is 12.1. The Balaban J connectivity index is 2.03. The molecule has 0 aromatic heterocycles. The van der Waals surface area contributed by atoms with E-state index >= 15 is 0 Å². The highest BCUT2D eigenvalue weighted by Crippen LogP contribution is 2.27. The third kappa shape index (κ3) is 2.86. The molecule has 1 aliphatic rings. The van der Waals surface area contributed by atoms with Gasteiger partial charge in [-0.25, -0.2) is 0 Å². The number of nitrogens with two attached hydrogens (primary N) is 1. The van der Waals surface area contributed by atoms with E-state index in [0.717, 1.165) is 37.0 Å². The lowest BCUT2D eigenvalue weighted by Gasteiger charge is -2.24. The molecule has 0 atom stereocenters. The van der Waals surface area contributed by atoms with E-state index in [4.69, 9.17) is 10.5 Å². The minimum Gasteiger partial charge on any atom is -0.497 e. The molecule has 0 bridgehead atoms. The largest absolute Gasteiger partial charge is 0.497 e. The lowest BCUT2D eigenvalue weighted by atomic mass is 9.82. The van der Waals surface area contributed by atoms with E-state index in [9.17, 15) is 4.79 Å². The van der Waals surface area contributed by atoms with Crippen LogP contribution in [0, 0.1) is 5.92 Å². The van der Waals surface area contributed by atoms with Crippen molar-refractivity contribution >= 4 is 5.78 Å². The Labute approximate surface area is 102 Å². The van der Waals surface area contributed by atoms with Crippen LogP contribution < -0.4 is 10.5 Å². The zero-order valence-corrected chi connectivity index (χ0v) is 10.2. The predicted molar refractivity (Wildman–Crippen MR) is 67.3 cm³/mol. The van der Waals surface area contributed by atoms with E-state index in [1.807, 2.05) is 24.3 Å². The first-order chi connectivity index (χ1) is 8.20. The summed E-state index contributed by atoms with van der Waals surface area (Å²) < 4.78 is 5.08. The van der Waals surface area contributed by atoms with Gasteiger partial charge in [-0.2, -0.15) is 0 Å². The Morgan fingerprint density at radius 2 is 1.76 bits per heavy atom. The van der Waals surface area contributed by atoms with Crippen molar-refractivity contribution < 1.29 is 9.53 Å². The summed E-state index contributed by atoms with van der Waals surface area (Å²) in [7, 11) is 1.62. The minimum atomic E-state index is 0.156. The molecule has 2 N–H and O–H groups in total. The summed E-state index contributed by atoms with van der Waals surface area (Å²) in [4.78, 5) is 12.2. The highest BCUT2D eigenvalue weighted by Gasteiger charge is 2.25. The van der Waals surface area contributed by atoms with Crippen LogP contribution in [0.25, 0.3) is 0 Å². The van der Waals surface area contributed by atoms with Crippen molar-refractivity contribution in [2.45, 2.75) is 31.7 Å².